The highest BCUT2D eigenvalue weighted by Gasteiger charge is 2.12. The lowest BCUT2D eigenvalue weighted by molar-refractivity contribution is -0.118. The van der Waals surface area contributed by atoms with Crippen molar-refractivity contribution < 1.29 is 19.4 Å². The van der Waals surface area contributed by atoms with E-state index in [2.05, 4.69) is 19.2 Å². The first kappa shape index (κ1) is 18.8. The number of ether oxygens (including phenoxy) is 1. The van der Waals surface area contributed by atoms with Gasteiger partial charge in [-0.05, 0) is 48.2 Å². The highest BCUT2D eigenvalue weighted by molar-refractivity contribution is 6.33. The van der Waals surface area contributed by atoms with Gasteiger partial charge in [0.25, 0.3) is 5.91 Å². The molecule has 0 radical (unpaired) electrons. The summed E-state index contributed by atoms with van der Waals surface area (Å²) in [6.45, 7) is 5.93. The fourth-order valence-electron chi connectivity index (χ4n) is 2.35. The van der Waals surface area contributed by atoms with Crippen LogP contribution in [0.3, 0.4) is 0 Å². The lowest BCUT2D eigenvalue weighted by atomic mass is 10.0. The predicted molar refractivity (Wildman–Crippen MR) is 97.8 cm³/mol. The molecule has 0 bridgehead atoms. The molecular formula is C19H20ClNO4. The summed E-state index contributed by atoms with van der Waals surface area (Å²) < 4.78 is 5.67. The van der Waals surface area contributed by atoms with Gasteiger partial charge in [0.1, 0.15) is 5.75 Å². The smallest absolute Gasteiger partial charge is 0.337 e. The third kappa shape index (κ3) is 4.97. The summed E-state index contributed by atoms with van der Waals surface area (Å²) in [7, 11) is 0. The van der Waals surface area contributed by atoms with Crippen LogP contribution in [0.1, 0.15) is 41.3 Å². The molecule has 0 atom stereocenters. The maximum absolute atomic E-state index is 12.1. The molecule has 1 amide bonds. The summed E-state index contributed by atoms with van der Waals surface area (Å²) in [5, 5.41) is 11.7. The molecule has 5 nitrogen and oxygen atoms in total. The second-order valence-corrected chi connectivity index (χ2v) is 6.44. The molecule has 132 valence electrons. The monoisotopic (exact) mass is 361 g/mol. The highest BCUT2D eigenvalue weighted by Crippen LogP contribution is 2.27. The van der Waals surface area contributed by atoms with Gasteiger partial charge in [0.2, 0.25) is 0 Å². The van der Waals surface area contributed by atoms with Crippen molar-refractivity contribution in [2.45, 2.75) is 26.7 Å². The zero-order valence-corrected chi connectivity index (χ0v) is 15.1. The fraction of sp³-hybridized carbons (Fsp3) is 0.263. The topological polar surface area (TPSA) is 75.6 Å². The summed E-state index contributed by atoms with van der Waals surface area (Å²) in [4.78, 5) is 23.0. The van der Waals surface area contributed by atoms with Crippen LogP contribution >= 0.6 is 11.6 Å². The quantitative estimate of drug-likeness (QED) is 0.795. The van der Waals surface area contributed by atoms with Crippen LogP contribution in [0.2, 0.25) is 5.02 Å². The number of hydrogen-bond acceptors (Lipinski definition) is 3. The van der Waals surface area contributed by atoms with E-state index in [0.717, 1.165) is 11.1 Å². The van der Waals surface area contributed by atoms with Crippen molar-refractivity contribution in [3.8, 4) is 5.75 Å². The number of carbonyl (C=O) groups is 2. The van der Waals surface area contributed by atoms with Crippen LogP contribution in [0, 0.1) is 6.92 Å². The van der Waals surface area contributed by atoms with Gasteiger partial charge in [-0.15, -0.1) is 0 Å². The van der Waals surface area contributed by atoms with E-state index in [9.17, 15) is 9.59 Å². The Morgan fingerprint density at radius 2 is 1.92 bits per heavy atom. The van der Waals surface area contributed by atoms with Gasteiger partial charge in [0.05, 0.1) is 10.6 Å². The maximum atomic E-state index is 12.1. The highest BCUT2D eigenvalue weighted by atomic mass is 35.5. The first-order valence-electron chi connectivity index (χ1n) is 7.84. The Morgan fingerprint density at radius 1 is 1.20 bits per heavy atom. The third-order valence-electron chi connectivity index (χ3n) is 3.63. The van der Waals surface area contributed by atoms with Crippen LogP contribution in [-0.2, 0) is 4.79 Å². The number of halogens is 1. The number of benzene rings is 2. The minimum atomic E-state index is -1.12. The average Bonchev–Trinajstić information content (AvgIpc) is 2.52. The van der Waals surface area contributed by atoms with E-state index in [4.69, 9.17) is 21.4 Å². The molecule has 2 N–H and O–H groups in total. The molecule has 2 aromatic carbocycles. The number of anilines is 1. The maximum Gasteiger partial charge on any atom is 0.337 e. The third-order valence-corrected chi connectivity index (χ3v) is 3.95. The first-order chi connectivity index (χ1) is 11.8. The second kappa shape index (κ2) is 8.03. The van der Waals surface area contributed by atoms with Gasteiger partial charge < -0.3 is 15.2 Å². The zero-order chi connectivity index (χ0) is 18.6. The Balaban J connectivity index is 2.03. The van der Waals surface area contributed by atoms with Gasteiger partial charge in [-0.3, -0.25) is 4.79 Å². The van der Waals surface area contributed by atoms with Gasteiger partial charge in [0, 0.05) is 5.69 Å². The van der Waals surface area contributed by atoms with Crippen LogP contribution < -0.4 is 10.1 Å². The van der Waals surface area contributed by atoms with Crippen LogP contribution in [0.25, 0.3) is 0 Å². The van der Waals surface area contributed by atoms with E-state index in [1.807, 2.05) is 25.1 Å². The number of nitrogens with one attached hydrogen (secondary N) is 1. The predicted octanol–water partition coefficient (Wildman–Crippen LogP) is 4.49. The summed E-state index contributed by atoms with van der Waals surface area (Å²) in [6.07, 6.45) is 0. The van der Waals surface area contributed by atoms with Crippen LogP contribution in [0.15, 0.2) is 36.4 Å². The van der Waals surface area contributed by atoms with Crippen molar-refractivity contribution in [3.63, 3.8) is 0 Å². The standard InChI is InChI=1S/C19H20ClNO4/c1-11(2)14-6-4-12(3)8-17(14)25-10-18(22)21-13-5-7-15(19(23)24)16(20)9-13/h4-9,11H,10H2,1-3H3,(H,21,22)(H,23,24). The van der Waals surface area contributed by atoms with Crippen molar-refractivity contribution in [1.82, 2.24) is 0 Å². The Bertz CT molecular complexity index is 802. The van der Waals surface area contributed by atoms with E-state index in [-0.39, 0.29) is 29.0 Å². The second-order valence-electron chi connectivity index (χ2n) is 6.03. The van der Waals surface area contributed by atoms with Crippen molar-refractivity contribution in [2.75, 3.05) is 11.9 Å². The van der Waals surface area contributed by atoms with Crippen LogP contribution in [-0.4, -0.2) is 23.6 Å². The molecule has 0 saturated heterocycles. The minimum absolute atomic E-state index is 0.0164. The van der Waals surface area contributed by atoms with Gasteiger partial charge in [-0.25, -0.2) is 4.79 Å². The Morgan fingerprint density at radius 3 is 2.52 bits per heavy atom. The molecule has 0 fully saturated rings. The number of carboxylic acid groups (broad SMARTS) is 1. The van der Waals surface area contributed by atoms with E-state index in [1.54, 1.807) is 0 Å². The molecule has 6 heteroatoms. The molecule has 0 aliphatic heterocycles. The summed E-state index contributed by atoms with van der Waals surface area (Å²) >= 11 is 5.89. The molecule has 0 saturated carbocycles. The molecule has 0 aliphatic rings. The van der Waals surface area contributed by atoms with Crippen LogP contribution in [0.5, 0.6) is 5.75 Å². The van der Waals surface area contributed by atoms with E-state index in [1.165, 1.54) is 18.2 Å². The van der Waals surface area contributed by atoms with Crippen molar-refractivity contribution in [1.29, 1.82) is 0 Å². The Kier molecular flexibility index (Phi) is 6.04. The number of aryl methyl sites for hydroxylation is 1. The Hall–Kier alpha value is -2.53. The molecule has 0 spiro atoms. The molecular weight excluding hydrogens is 342 g/mol. The fourth-order valence-corrected chi connectivity index (χ4v) is 2.61. The number of carbonyl (C=O) groups excluding carboxylic acids is 1. The van der Waals surface area contributed by atoms with E-state index < -0.39 is 5.97 Å². The molecule has 0 unspecified atom stereocenters. The number of amides is 1. The average molecular weight is 362 g/mol. The van der Waals surface area contributed by atoms with E-state index >= 15 is 0 Å². The largest absolute Gasteiger partial charge is 0.483 e. The van der Waals surface area contributed by atoms with Crippen molar-refractivity contribution in [2.24, 2.45) is 0 Å². The van der Waals surface area contributed by atoms with Gasteiger partial charge in [-0.2, -0.15) is 0 Å². The molecule has 0 heterocycles. The van der Waals surface area contributed by atoms with E-state index in [0.29, 0.717) is 11.4 Å². The van der Waals surface area contributed by atoms with Crippen LogP contribution in [0.4, 0.5) is 5.69 Å². The lowest BCUT2D eigenvalue weighted by Gasteiger charge is -2.15. The summed E-state index contributed by atoms with van der Waals surface area (Å²) in [5.41, 5.74) is 2.48. The molecule has 25 heavy (non-hydrogen) atoms. The molecule has 2 rings (SSSR count). The number of aromatic carboxylic acids is 1. The van der Waals surface area contributed by atoms with Crippen molar-refractivity contribution >= 4 is 29.2 Å². The molecule has 0 aromatic heterocycles. The number of carboxylic acids is 1. The SMILES string of the molecule is Cc1ccc(C(C)C)c(OCC(=O)Nc2ccc(C(=O)O)c(Cl)c2)c1. The number of rotatable bonds is 6. The van der Waals surface area contributed by atoms with Gasteiger partial charge >= 0.3 is 5.97 Å². The molecule has 2 aromatic rings. The van der Waals surface area contributed by atoms with Gasteiger partial charge in [-0.1, -0.05) is 37.6 Å². The Labute approximate surface area is 151 Å². The van der Waals surface area contributed by atoms with Gasteiger partial charge in [0.15, 0.2) is 6.61 Å². The lowest BCUT2D eigenvalue weighted by Crippen LogP contribution is -2.20. The summed E-state index contributed by atoms with van der Waals surface area (Å²) in [6, 6.07) is 10.1. The zero-order valence-electron chi connectivity index (χ0n) is 14.3. The van der Waals surface area contributed by atoms with Crippen molar-refractivity contribution in [3.05, 3.63) is 58.1 Å². The summed E-state index contributed by atoms with van der Waals surface area (Å²) in [5.74, 6) is -0.507. The minimum Gasteiger partial charge on any atom is -0.483 e. The normalized spacial score (nSPS) is 10.6. The molecule has 0 aliphatic carbocycles. The first-order valence-corrected chi connectivity index (χ1v) is 8.21. The number of hydrogen-bond donors (Lipinski definition) is 2.